The Morgan fingerprint density at radius 3 is 2.53 bits per heavy atom. The van der Waals surface area contributed by atoms with E-state index in [0.717, 1.165) is 27.8 Å². The average molecular weight is 537 g/mol. The molecule has 2 N–H and O–H groups in total. The number of aromatic carboxylic acids is 1. The minimum Gasteiger partial charge on any atom is -0.493 e. The zero-order chi connectivity index (χ0) is 27.4. The van der Waals surface area contributed by atoms with Crippen LogP contribution in [-0.4, -0.2) is 46.7 Å². The second-order valence-corrected chi connectivity index (χ2v) is 9.38. The van der Waals surface area contributed by atoms with Crippen molar-refractivity contribution in [2.75, 3.05) is 19.0 Å². The fraction of sp³-hybridized carbons (Fsp3) is 0.185. The zero-order valence-electron chi connectivity index (χ0n) is 20.8. The number of nitrogens with zero attached hydrogens (tertiary/aromatic N) is 1. The molecule has 196 valence electrons. The molecule has 0 saturated carbocycles. The van der Waals surface area contributed by atoms with Gasteiger partial charge in [0.2, 0.25) is 11.7 Å². The molecule has 1 aliphatic rings. The lowest BCUT2D eigenvalue weighted by molar-refractivity contribution is -0.127. The molecule has 38 heavy (non-hydrogen) atoms. The summed E-state index contributed by atoms with van der Waals surface area (Å²) in [5, 5.41) is 11.1. The Balaban J connectivity index is 1.41. The Hall–Kier alpha value is -4.51. The van der Waals surface area contributed by atoms with Crippen molar-refractivity contribution in [2.24, 2.45) is 0 Å². The van der Waals surface area contributed by atoms with Gasteiger partial charge in [0.15, 0.2) is 11.5 Å². The van der Waals surface area contributed by atoms with E-state index in [-0.39, 0.29) is 17.3 Å². The second-order valence-electron chi connectivity index (χ2n) is 8.39. The maximum absolute atomic E-state index is 12.9. The number of rotatable bonds is 9. The largest absolute Gasteiger partial charge is 0.493 e. The highest BCUT2D eigenvalue weighted by atomic mass is 32.2. The number of carboxylic acid groups (broad SMARTS) is 1. The molecule has 3 aromatic rings. The standard InChI is InChI=1S/C27H24N2O8S/c1-15-4-6-18(10-16(15)2)28-24(30)13-29-25(31)23(38-27(29)34)12-17-5-8-20(22(11-17)35-3)36-14-19-7-9-21(37-19)26(32)33/h4-12H,13-14H2,1-3H3,(H,28,30)(H,32,33)/b23-12-. The number of imide groups is 1. The molecular formula is C27H24N2O8S. The van der Waals surface area contributed by atoms with Crippen LogP contribution in [0.1, 0.15) is 33.0 Å². The van der Waals surface area contributed by atoms with Crippen molar-refractivity contribution >= 4 is 46.5 Å². The first-order valence-corrected chi connectivity index (χ1v) is 12.2. The van der Waals surface area contributed by atoms with Crippen LogP contribution in [0.4, 0.5) is 10.5 Å². The van der Waals surface area contributed by atoms with Gasteiger partial charge in [-0.3, -0.25) is 19.3 Å². The molecule has 0 unspecified atom stereocenters. The number of hydrogen-bond acceptors (Lipinski definition) is 8. The van der Waals surface area contributed by atoms with Crippen molar-refractivity contribution in [3.05, 3.63) is 81.6 Å². The third-order valence-corrected chi connectivity index (χ3v) is 6.60. The number of furan rings is 1. The minimum absolute atomic E-state index is 0.0217. The Labute approximate surface area is 222 Å². The first-order chi connectivity index (χ1) is 18.1. The number of amides is 3. The van der Waals surface area contributed by atoms with E-state index in [1.165, 1.54) is 25.3 Å². The molecule has 3 amide bonds. The number of carbonyl (C=O) groups is 4. The molecule has 10 nitrogen and oxygen atoms in total. The lowest BCUT2D eigenvalue weighted by Crippen LogP contribution is -2.36. The van der Waals surface area contributed by atoms with Crippen molar-refractivity contribution in [1.29, 1.82) is 0 Å². The molecule has 0 bridgehead atoms. The molecule has 11 heteroatoms. The van der Waals surface area contributed by atoms with Crippen LogP contribution < -0.4 is 14.8 Å². The SMILES string of the molecule is COc1cc(/C=C2\SC(=O)N(CC(=O)Nc3ccc(C)c(C)c3)C2=O)ccc1OCc1ccc(C(=O)O)o1. The molecule has 1 aromatic heterocycles. The van der Waals surface area contributed by atoms with Gasteiger partial charge in [-0.15, -0.1) is 0 Å². The monoisotopic (exact) mass is 536 g/mol. The Morgan fingerprint density at radius 1 is 1.05 bits per heavy atom. The van der Waals surface area contributed by atoms with E-state index in [1.54, 1.807) is 24.3 Å². The van der Waals surface area contributed by atoms with Gasteiger partial charge in [-0.05, 0) is 84.8 Å². The number of carboxylic acids is 1. The number of hydrogen-bond donors (Lipinski definition) is 2. The van der Waals surface area contributed by atoms with Gasteiger partial charge in [0.05, 0.1) is 12.0 Å². The summed E-state index contributed by atoms with van der Waals surface area (Å²) in [7, 11) is 1.45. The summed E-state index contributed by atoms with van der Waals surface area (Å²) in [6.45, 7) is 3.46. The van der Waals surface area contributed by atoms with Gasteiger partial charge >= 0.3 is 5.97 Å². The van der Waals surface area contributed by atoms with Gasteiger partial charge in [-0.2, -0.15) is 0 Å². The van der Waals surface area contributed by atoms with Gasteiger partial charge in [0.25, 0.3) is 11.1 Å². The Morgan fingerprint density at radius 2 is 1.84 bits per heavy atom. The molecular weight excluding hydrogens is 512 g/mol. The number of nitrogens with one attached hydrogen (secondary N) is 1. The number of anilines is 1. The summed E-state index contributed by atoms with van der Waals surface area (Å²) in [5.41, 5.74) is 3.26. The number of methoxy groups -OCH3 is 1. The maximum atomic E-state index is 12.9. The predicted octanol–water partition coefficient (Wildman–Crippen LogP) is 4.86. The first-order valence-electron chi connectivity index (χ1n) is 11.4. The Kier molecular flexibility index (Phi) is 7.87. The van der Waals surface area contributed by atoms with Crippen molar-refractivity contribution in [3.8, 4) is 11.5 Å². The van der Waals surface area contributed by atoms with Crippen molar-refractivity contribution in [1.82, 2.24) is 4.90 Å². The third-order valence-electron chi connectivity index (χ3n) is 5.69. The van der Waals surface area contributed by atoms with Gasteiger partial charge < -0.3 is 24.3 Å². The Bertz CT molecular complexity index is 1460. The number of aryl methyl sites for hydroxylation is 2. The highest BCUT2D eigenvalue weighted by molar-refractivity contribution is 8.18. The molecule has 1 fully saturated rings. The van der Waals surface area contributed by atoms with Crippen LogP contribution >= 0.6 is 11.8 Å². The van der Waals surface area contributed by atoms with Crippen LogP contribution in [0.5, 0.6) is 11.5 Å². The van der Waals surface area contributed by atoms with Crippen LogP contribution in [0.3, 0.4) is 0 Å². The molecule has 0 aliphatic carbocycles. The highest BCUT2D eigenvalue weighted by Gasteiger charge is 2.36. The summed E-state index contributed by atoms with van der Waals surface area (Å²) in [4.78, 5) is 49.8. The van der Waals surface area contributed by atoms with Crippen LogP contribution in [0.15, 0.2) is 57.9 Å². The fourth-order valence-corrected chi connectivity index (χ4v) is 4.40. The summed E-state index contributed by atoms with van der Waals surface area (Å²) in [6.07, 6.45) is 1.53. The first kappa shape index (κ1) is 26.6. The second kappa shape index (κ2) is 11.3. The lowest BCUT2D eigenvalue weighted by atomic mass is 10.1. The smallest absolute Gasteiger partial charge is 0.371 e. The summed E-state index contributed by atoms with van der Waals surface area (Å²) >= 11 is 0.745. The van der Waals surface area contributed by atoms with E-state index < -0.39 is 29.6 Å². The molecule has 1 aliphatic heterocycles. The zero-order valence-corrected chi connectivity index (χ0v) is 21.6. The summed E-state index contributed by atoms with van der Waals surface area (Å²) in [6, 6.07) is 13.2. The van der Waals surface area contributed by atoms with Crippen molar-refractivity contribution in [3.63, 3.8) is 0 Å². The maximum Gasteiger partial charge on any atom is 0.371 e. The molecule has 4 rings (SSSR count). The topological polar surface area (TPSA) is 135 Å². The fourth-order valence-electron chi connectivity index (χ4n) is 3.56. The van der Waals surface area contributed by atoms with E-state index in [9.17, 15) is 19.2 Å². The molecule has 0 radical (unpaired) electrons. The minimum atomic E-state index is -1.18. The molecule has 2 aromatic carbocycles. The van der Waals surface area contributed by atoms with E-state index in [4.69, 9.17) is 19.0 Å². The number of thioether (sulfide) groups is 1. The van der Waals surface area contributed by atoms with E-state index >= 15 is 0 Å². The van der Waals surface area contributed by atoms with Gasteiger partial charge in [-0.1, -0.05) is 12.1 Å². The van der Waals surface area contributed by atoms with Crippen LogP contribution in [0, 0.1) is 13.8 Å². The van der Waals surface area contributed by atoms with Gasteiger partial charge in [-0.25, -0.2) is 4.79 Å². The summed E-state index contributed by atoms with van der Waals surface area (Å²) < 4.78 is 16.2. The quantitative estimate of drug-likeness (QED) is 0.368. The van der Waals surface area contributed by atoms with Crippen molar-refractivity contribution in [2.45, 2.75) is 20.5 Å². The van der Waals surface area contributed by atoms with Crippen molar-refractivity contribution < 1.29 is 38.2 Å². The average Bonchev–Trinajstić information content (AvgIpc) is 3.46. The number of carbonyl (C=O) groups excluding carboxylic acids is 3. The normalized spacial score (nSPS) is 14.2. The van der Waals surface area contributed by atoms with Gasteiger partial charge in [0.1, 0.15) is 18.9 Å². The molecule has 2 heterocycles. The molecule has 0 atom stereocenters. The third kappa shape index (κ3) is 6.06. The number of benzene rings is 2. The number of ether oxygens (including phenoxy) is 2. The van der Waals surface area contributed by atoms with Crippen LogP contribution in [0.2, 0.25) is 0 Å². The van der Waals surface area contributed by atoms with Crippen LogP contribution in [-0.2, 0) is 16.2 Å². The lowest BCUT2D eigenvalue weighted by Gasteiger charge is -2.13. The molecule has 0 spiro atoms. The summed E-state index contributed by atoms with van der Waals surface area (Å²) in [5.74, 6) is -1.37. The van der Waals surface area contributed by atoms with E-state index in [2.05, 4.69) is 5.32 Å². The van der Waals surface area contributed by atoms with Gasteiger partial charge in [0, 0.05) is 5.69 Å². The molecule has 1 saturated heterocycles. The highest BCUT2D eigenvalue weighted by Crippen LogP contribution is 2.35. The predicted molar refractivity (Wildman–Crippen MR) is 140 cm³/mol. The van der Waals surface area contributed by atoms with E-state index in [0.29, 0.717) is 28.5 Å². The van der Waals surface area contributed by atoms with E-state index in [1.807, 2.05) is 26.0 Å². The van der Waals surface area contributed by atoms with Crippen LogP contribution in [0.25, 0.3) is 6.08 Å².